The number of nitrogens with two attached hydrogens (primary N) is 1. The topological polar surface area (TPSA) is 43.1 Å². The molecule has 1 rings (SSSR count). The van der Waals surface area contributed by atoms with Gasteiger partial charge >= 0.3 is 0 Å². The number of carbonyl (C=O) groups is 1. The second-order valence-electron chi connectivity index (χ2n) is 4.12. The van der Waals surface area contributed by atoms with Crippen LogP contribution >= 0.6 is 21.6 Å². The minimum atomic E-state index is -0.275. The van der Waals surface area contributed by atoms with Crippen molar-refractivity contribution in [1.82, 2.24) is 0 Å². The molecule has 1 aliphatic heterocycles. The average Bonchev–Trinajstić information content (AvgIpc) is 2.50. The van der Waals surface area contributed by atoms with Crippen molar-refractivity contribution in [3.05, 3.63) is 0 Å². The van der Waals surface area contributed by atoms with Crippen LogP contribution in [0.15, 0.2) is 0 Å². The Hall–Kier alpha value is 0.170. The van der Waals surface area contributed by atoms with Crippen LogP contribution in [-0.2, 0) is 4.79 Å². The highest BCUT2D eigenvalue weighted by Gasteiger charge is 2.44. The summed E-state index contributed by atoms with van der Waals surface area (Å²) in [5.41, 5.74) is 5.19. The first kappa shape index (κ1) is 12.2. The van der Waals surface area contributed by atoms with E-state index in [4.69, 9.17) is 5.73 Å². The van der Waals surface area contributed by atoms with Gasteiger partial charge in [-0.2, -0.15) is 0 Å². The lowest BCUT2D eigenvalue weighted by molar-refractivity contribution is -0.125. The van der Waals surface area contributed by atoms with Gasteiger partial charge in [-0.25, -0.2) is 0 Å². The summed E-state index contributed by atoms with van der Waals surface area (Å²) in [5, 5.41) is 0.427. The maximum Gasteiger partial charge on any atom is 0.225 e. The minimum Gasteiger partial charge on any atom is -0.369 e. The lowest BCUT2D eigenvalue weighted by atomic mass is 9.85. The molecule has 0 spiro atoms. The normalized spacial score (nSPS) is 32.0. The summed E-state index contributed by atoms with van der Waals surface area (Å²) in [5.74, 6) is 0.751. The van der Waals surface area contributed by atoms with E-state index in [-0.39, 0.29) is 11.3 Å². The van der Waals surface area contributed by atoms with Crippen LogP contribution in [0.4, 0.5) is 0 Å². The summed E-state index contributed by atoms with van der Waals surface area (Å²) < 4.78 is 0. The fraction of sp³-hybridized carbons (Fsp3) is 0.900. The largest absolute Gasteiger partial charge is 0.369 e. The second kappa shape index (κ2) is 5.31. The molecule has 82 valence electrons. The predicted molar refractivity (Wildman–Crippen MR) is 65.3 cm³/mol. The Morgan fingerprint density at radius 1 is 1.57 bits per heavy atom. The van der Waals surface area contributed by atoms with Gasteiger partial charge in [0, 0.05) is 11.0 Å². The molecular formula is C10H19NOS2. The third-order valence-electron chi connectivity index (χ3n) is 2.89. The van der Waals surface area contributed by atoms with Gasteiger partial charge in [-0.15, -0.1) is 0 Å². The number of carbonyl (C=O) groups excluding carboxylic acids is 1. The molecule has 0 aromatic carbocycles. The Labute approximate surface area is 94.2 Å². The monoisotopic (exact) mass is 233 g/mol. The number of hydrogen-bond acceptors (Lipinski definition) is 3. The first-order chi connectivity index (χ1) is 6.61. The van der Waals surface area contributed by atoms with Crippen LogP contribution in [0.25, 0.3) is 0 Å². The molecule has 0 saturated carbocycles. The lowest BCUT2D eigenvalue weighted by Gasteiger charge is -2.25. The smallest absolute Gasteiger partial charge is 0.225 e. The molecule has 0 aromatic rings. The fourth-order valence-corrected chi connectivity index (χ4v) is 5.57. The van der Waals surface area contributed by atoms with Crippen LogP contribution in [0.1, 0.15) is 39.5 Å². The number of amides is 1. The molecule has 0 bridgehead atoms. The van der Waals surface area contributed by atoms with Crippen LogP contribution in [0.5, 0.6) is 0 Å². The number of hydrogen-bond donors (Lipinski definition) is 1. The fourth-order valence-electron chi connectivity index (χ4n) is 1.61. The van der Waals surface area contributed by atoms with Crippen molar-refractivity contribution in [1.29, 1.82) is 0 Å². The van der Waals surface area contributed by atoms with Gasteiger partial charge in [0.25, 0.3) is 0 Å². The van der Waals surface area contributed by atoms with Gasteiger partial charge in [0.2, 0.25) is 5.91 Å². The first-order valence-corrected chi connectivity index (χ1v) is 7.57. The van der Waals surface area contributed by atoms with E-state index in [1.807, 2.05) is 17.7 Å². The Balaban J connectivity index is 2.46. The number of primary amides is 1. The molecule has 2 N–H and O–H groups in total. The molecule has 1 saturated heterocycles. The highest BCUT2D eigenvalue weighted by Crippen LogP contribution is 2.51. The first-order valence-electron chi connectivity index (χ1n) is 5.19. The molecule has 1 fully saturated rings. The van der Waals surface area contributed by atoms with Gasteiger partial charge in [-0.1, -0.05) is 47.8 Å². The van der Waals surface area contributed by atoms with Crippen LogP contribution in [0.3, 0.4) is 0 Å². The predicted octanol–water partition coefficient (Wildman–Crippen LogP) is 2.82. The van der Waals surface area contributed by atoms with Crippen molar-refractivity contribution in [2.45, 2.75) is 44.8 Å². The van der Waals surface area contributed by atoms with Gasteiger partial charge in [0.1, 0.15) is 0 Å². The van der Waals surface area contributed by atoms with Crippen molar-refractivity contribution in [2.75, 3.05) is 5.75 Å². The summed E-state index contributed by atoms with van der Waals surface area (Å²) in [6.07, 6.45) is 4.84. The van der Waals surface area contributed by atoms with E-state index in [9.17, 15) is 4.79 Å². The minimum absolute atomic E-state index is 0.128. The molecule has 0 aromatic heterocycles. The van der Waals surface area contributed by atoms with E-state index in [0.29, 0.717) is 5.25 Å². The molecule has 1 aliphatic rings. The van der Waals surface area contributed by atoms with Gasteiger partial charge in [-0.05, 0) is 13.3 Å². The molecule has 2 atom stereocenters. The van der Waals surface area contributed by atoms with Crippen LogP contribution in [-0.4, -0.2) is 16.9 Å². The van der Waals surface area contributed by atoms with Crippen molar-refractivity contribution < 1.29 is 4.79 Å². The number of rotatable bonds is 5. The summed E-state index contributed by atoms with van der Waals surface area (Å²) in [7, 11) is 3.64. The summed E-state index contributed by atoms with van der Waals surface area (Å²) in [6.45, 7) is 4.21. The number of unbranched alkanes of at least 4 members (excludes halogenated alkanes) is 2. The molecule has 0 radical (unpaired) electrons. The molecule has 14 heavy (non-hydrogen) atoms. The standard InChI is InChI=1S/C10H19NOS2/c1-3-4-5-6-8-10(2,9(11)12)7-13-14-8/h8H,3-7H2,1-2H3,(H2,11,12). The SMILES string of the molecule is CCCCCC1SSCC1(C)C(N)=O. The second-order valence-corrected chi connectivity index (χ2v) is 6.69. The highest BCUT2D eigenvalue weighted by molar-refractivity contribution is 8.77. The van der Waals surface area contributed by atoms with E-state index in [2.05, 4.69) is 6.92 Å². The zero-order valence-electron chi connectivity index (χ0n) is 8.91. The van der Waals surface area contributed by atoms with Gasteiger partial charge < -0.3 is 5.73 Å². The van der Waals surface area contributed by atoms with E-state index in [1.165, 1.54) is 19.3 Å². The molecular weight excluding hydrogens is 214 g/mol. The summed E-state index contributed by atoms with van der Waals surface area (Å²) in [6, 6.07) is 0. The van der Waals surface area contributed by atoms with Crippen molar-refractivity contribution in [3.63, 3.8) is 0 Å². The zero-order valence-corrected chi connectivity index (χ0v) is 10.5. The third-order valence-corrected chi connectivity index (χ3v) is 6.19. The van der Waals surface area contributed by atoms with E-state index in [1.54, 1.807) is 10.8 Å². The van der Waals surface area contributed by atoms with Gasteiger partial charge in [0.15, 0.2) is 0 Å². The Bertz CT molecular complexity index is 210. The molecule has 2 nitrogen and oxygen atoms in total. The maximum atomic E-state index is 11.4. The molecule has 1 amide bonds. The zero-order chi connectivity index (χ0) is 10.6. The van der Waals surface area contributed by atoms with Gasteiger partial charge in [0.05, 0.1) is 5.41 Å². The van der Waals surface area contributed by atoms with Gasteiger partial charge in [-0.3, -0.25) is 4.79 Å². The quantitative estimate of drug-likeness (QED) is 0.586. The van der Waals surface area contributed by atoms with Crippen molar-refractivity contribution in [3.8, 4) is 0 Å². The van der Waals surface area contributed by atoms with E-state index >= 15 is 0 Å². The summed E-state index contributed by atoms with van der Waals surface area (Å²) in [4.78, 5) is 11.4. The Morgan fingerprint density at radius 3 is 2.86 bits per heavy atom. The molecule has 1 heterocycles. The average molecular weight is 233 g/mol. The Morgan fingerprint density at radius 2 is 2.29 bits per heavy atom. The summed E-state index contributed by atoms with van der Waals surface area (Å²) >= 11 is 0. The highest BCUT2D eigenvalue weighted by atomic mass is 33.1. The lowest BCUT2D eigenvalue weighted by Crippen LogP contribution is -2.41. The van der Waals surface area contributed by atoms with Crippen LogP contribution in [0.2, 0.25) is 0 Å². The molecule has 0 aliphatic carbocycles. The molecule has 4 heteroatoms. The van der Waals surface area contributed by atoms with Crippen molar-refractivity contribution >= 4 is 27.5 Å². The maximum absolute atomic E-state index is 11.4. The van der Waals surface area contributed by atoms with E-state index in [0.717, 1.165) is 12.2 Å². The van der Waals surface area contributed by atoms with Crippen LogP contribution in [0, 0.1) is 5.41 Å². The van der Waals surface area contributed by atoms with E-state index < -0.39 is 0 Å². The van der Waals surface area contributed by atoms with Crippen LogP contribution < -0.4 is 5.73 Å². The third kappa shape index (κ3) is 2.60. The Kier molecular flexibility index (Phi) is 4.64. The molecule has 2 unspecified atom stereocenters. The van der Waals surface area contributed by atoms with Crippen molar-refractivity contribution in [2.24, 2.45) is 11.1 Å².